The first kappa shape index (κ1) is 17.4. The molecule has 2 aliphatic rings. The lowest BCUT2D eigenvalue weighted by Gasteiger charge is -2.22. The Labute approximate surface area is 156 Å². The smallest absolute Gasteiger partial charge is 0.313 e. The Morgan fingerprint density at radius 3 is 2.33 bits per heavy atom. The van der Waals surface area contributed by atoms with E-state index in [1.54, 1.807) is 18.2 Å². The van der Waals surface area contributed by atoms with Crippen LogP contribution in [-0.4, -0.2) is 42.3 Å². The fraction of sp³-hybridized carbons (Fsp3) is 0.300. The molecule has 0 unspecified atom stereocenters. The predicted octanol–water partition coefficient (Wildman–Crippen LogP) is 1.04. The van der Waals surface area contributed by atoms with Gasteiger partial charge in [-0.25, -0.2) is 0 Å². The summed E-state index contributed by atoms with van der Waals surface area (Å²) < 4.78 is 10.9. The highest BCUT2D eigenvalue weighted by Crippen LogP contribution is 2.32. The maximum absolute atomic E-state index is 12.1. The van der Waals surface area contributed by atoms with E-state index in [4.69, 9.17) is 9.47 Å². The first-order chi connectivity index (χ1) is 13.0. The molecule has 3 N–H and O–H groups in total. The zero-order chi connectivity index (χ0) is 18.9. The Morgan fingerprint density at radius 2 is 1.63 bits per heavy atom. The molecule has 0 atom stereocenters. The van der Waals surface area contributed by atoms with Crippen molar-refractivity contribution in [3.05, 3.63) is 53.6 Å². The molecule has 0 saturated heterocycles. The Balaban J connectivity index is 1.33. The van der Waals surface area contributed by atoms with Gasteiger partial charge in [-0.15, -0.1) is 0 Å². The van der Waals surface area contributed by atoms with Crippen LogP contribution < -0.4 is 20.1 Å². The van der Waals surface area contributed by atoms with Gasteiger partial charge in [0.2, 0.25) is 0 Å². The predicted molar refractivity (Wildman–Crippen MR) is 97.9 cm³/mol. The highest BCUT2D eigenvalue weighted by molar-refractivity contribution is 6.39. The van der Waals surface area contributed by atoms with Gasteiger partial charge in [0.15, 0.2) is 11.5 Å². The first-order valence-electron chi connectivity index (χ1n) is 8.80. The number of carbonyl (C=O) groups is 2. The summed E-state index contributed by atoms with van der Waals surface area (Å²) in [5, 5.41) is 15.7. The van der Waals surface area contributed by atoms with Crippen LogP contribution in [0.25, 0.3) is 0 Å². The van der Waals surface area contributed by atoms with E-state index in [0.717, 1.165) is 11.1 Å². The minimum atomic E-state index is -1.07. The van der Waals surface area contributed by atoms with E-state index >= 15 is 0 Å². The molecule has 1 aliphatic carbocycles. The number of ether oxygens (including phenoxy) is 2. The summed E-state index contributed by atoms with van der Waals surface area (Å²) in [5.41, 5.74) is 1.49. The standard InChI is InChI=1S/C20H20N2O5/c23-18(21-12-20(25)10-13-3-1-2-4-14(13)11-20)19(24)22-15-5-6-16-17(9-15)27-8-7-26-16/h1-6,9,25H,7-8,10-12H2,(H,21,23)(H,22,24). The highest BCUT2D eigenvalue weighted by atomic mass is 16.6. The van der Waals surface area contributed by atoms with Gasteiger partial charge in [0.05, 0.1) is 5.60 Å². The second kappa shape index (κ2) is 6.92. The van der Waals surface area contributed by atoms with Crippen LogP contribution in [0.5, 0.6) is 11.5 Å². The minimum Gasteiger partial charge on any atom is -0.486 e. The van der Waals surface area contributed by atoms with Gasteiger partial charge in [-0.3, -0.25) is 9.59 Å². The van der Waals surface area contributed by atoms with Gasteiger partial charge in [-0.05, 0) is 23.3 Å². The van der Waals surface area contributed by atoms with Crippen molar-refractivity contribution in [1.29, 1.82) is 0 Å². The van der Waals surface area contributed by atoms with Gasteiger partial charge in [0.1, 0.15) is 13.2 Å². The van der Waals surface area contributed by atoms with Gasteiger partial charge in [-0.1, -0.05) is 24.3 Å². The van der Waals surface area contributed by atoms with E-state index in [2.05, 4.69) is 10.6 Å². The van der Waals surface area contributed by atoms with E-state index in [0.29, 0.717) is 43.2 Å². The summed E-state index contributed by atoms with van der Waals surface area (Å²) in [6, 6.07) is 12.7. The maximum Gasteiger partial charge on any atom is 0.313 e. The Hall–Kier alpha value is -3.06. The number of rotatable bonds is 3. The molecule has 7 heteroatoms. The molecule has 0 radical (unpaired) electrons. The molecule has 0 fully saturated rings. The molecule has 0 bridgehead atoms. The second-order valence-electron chi connectivity index (χ2n) is 6.84. The van der Waals surface area contributed by atoms with E-state index in [1.165, 1.54) is 0 Å². The molecule has 1 aliphatic heterocycles. The summed E-state index contributed by atoms with van der Waals surface area (Å²) in [7, 11) is 0. The second-order valence-corrected chi connectivity index (χ2v) is 6.84. The topological polar surface area (TPSA) is 96.9 Å². The maximum atomic E-state index is 12.1. The lowest BCUT2D eigenvalue weighted by molar-refractivity contribution is -0.136. The van der Waals surface area contributed by atoms with Gasteiger partial charge >= 0.3 is 11.8 Å². The van der Waals surface area contributed by atoms with Crippen LogP contribution in [0, 0.1) is 0 Å². The number of amides is 2. The Bertz CT molecular complexity index is 871. The van der Waals surface area contributed by atoms with Crippen molar-refractivity contribution >= 4 is 17.5 Å². The molecule has 0 saturated carbocycles. The lowest BCUT2D eigenvalue weighted by atomic mass is 10.0. The van der Waals surface area contributed by atoms with E-state index in [9.17, 15) is 14.7 Å². The molecule has 7 nitrogen and oxygen atoms in total. The van der Waals surface area contributed by atoms with Crippen LogP contribution in [0.15, 0.2) is 42.5 Å². The fourth-order valence-electron chi connectivity index (χ4n) is 3.43. The molecule has 27 heavy (non-hydrogen) atoms. The molecule has 1 heterocycles. The third-order valence-corrected chi connectivity index (χ3v) is 4.74. The average Bonchev–Trinajstić information content (AvgIpc) is 3.02. The molecule has 2 amide bonds. The SMILES string of the molecule is O=C(NCC1(O)Cc2ccccc2C1)C(=O)Nc1ccc2c(c1)OCCO2. The van der Waals surface area contributed by atoms with Crippen molar-refractivity contribution in [2.45, 2.75) is 18.4 Å². The van der Waals surface area contributed by atoms with Crippen LogP contribution in [-0.2, 0) is 22.4 Å². The number of benzene rings is 2. The van der Waals surface area contributed by atoms with Crippen molar-refractivity contribution in [1.82, 2.24) is 5.32 Å². The third-order valence-electron chi connectivity index (χ3n) is 4.74. The number of hydrogen-bond acceptors (Lipinski definition) is 5. The van der Waals surface area contributed by atoms with Crippen LogP contribution in [0.2, 0.25) is 0 Å². The summed E-state index contributed by atoms with van der Waals surface area (Å²) in [6.45, 7) is 0.925. The van der Waals surface area contributed by atoms with Crippen LogP contribution in [0.3, 0.4) is 0 Å². The van der Waals surface area contributed by atoms with Crippen molar-refractivity contribution in [3.8, 4) is 11.5 Å². The zero-order valence-electron chi connectivity index (χ0n) is 14.7. The zero-order valence-corrected chi connectivity index (χ0v) is 14.7. The van der Waals surface area contributed by atoms with E-state index < -0.39 is 17.4 Å². The normalized spacial score (nSPS) is 16.3. The van der Waals surface area contributed by atoms with Crippen molar-refractivity contribution in [2.75, 3.05) is 25.1 Å². The largest absolute Gasteiger partial charge is 0.486 e. The molecule has 0 aromatic heterocycles. The Kier molecular flexibility index (Phi) is 4.45. The summed E-state index contributed by atoms with van der Waals surface area (Å²) in [6.07, 6.45) is 0.903. The van der Waals surface area contributed by atoms with Crippen LogP contribution in [0.4, 0.5) is 5.69 Å². The highest BCUT2D eigenvalue weighted by Gasteiger charge is 2.35. The van der Waals surface area contributed by atoms with Crippen LogP contribution in [0.1, 0.15) is 11.1 Å². The van der Waals surface area contributed by atoms with Crippen molar-refractivity contribution < 1.29 is 24.2 Å². The summed E-state index contributed by atoms with van der Waals surface area (Å²) in [5.74, 6) is -0.468. The molecule has 2 aromatic carbocycles. The molecule has 4 rings (SSSR count). The number of aliphatic hydroxyl groups is 1. The summed E-state index contributed by atoms with van der Waals surface area (Å²) in [4.78, 5) is 24.2. The molecule has 0 spiro atoms. The van der Waals surface area contributed by atoms with E-state index in [1.807, 2.05) is 24.3 Å². The van der Waals surface area contributed by atoms with Gasteiger partial charge in [-0.2, -0.15) is 0 Å². The third kappa shape index (κ3) is 3.73. The number of carbonyl (C=O) groups excluding carboxylic acids is 2. The number of anilines is 1. The first-order valence-corrected chi connectivity index (χ1v) is 8.80. The Morgan fingerprint density at radius 1 is 0.963 bits per heavy atom. The lowest BCUT2D eigenvalue weighted by Crippen LogP contribution is -2.46. The minimum absolute atomic E-state index is 0.00900. The van der Waals surface area contributed by atoms with Crippen molar-refractivity contribution in [2.24, 2.45) is 0 Å². The van der Waals surface area contributed by atoms with Crippen molar-refractivity contribution in [3.63, 3.8) is 0 Å². The number of nitrogens with one attached hydrogen (secondary N) is 2. The van der Waals surface area contributed by atoms with E-state index in [-0.39, 0.29) is 6.54 Å². The van der Waals surface area contributed by atoms with Crippen LogP contribution >= 0.6 is 0 Å². The van der Waals surface area contributed by atoms with Gasteiger partial charge in [0, 0.05) is 31.1 Å². The molecular weight excluding hydrogens is 348 g/mol. The summed E-state index contributed by atoms with van der Waals surface area (Å²) >= 11 is 0. The van der Waals surface area contributed by atoms with Gasteiger partial charge in [0.25, 0.3) is 0 Å². The molecule has 2 aromatic rings. The monoisotopic (exact) mass is 368 g/mol. The number of hydrogen-bond donors (Lipinski definition) is 3. The average molecular weight is 368 g/mol. The fourth-order valence-corrected chi connectivity index (χ4v) is 3.43. The van der Waals surface area contributed by atoms with Gasteiger partial charge < -0.3 is 25.2 Å². The quantitative estimate of drug-likeness (QED) is 0.704. The molecule has 140 valence electrons. The number of fused-ring (bicyclic) bond motifs is 2. The molecular formula is C20H20N2O5.